The largest absolute Gasteiger partial charge is 0.457 e. The average Bonchev–Trinajstić information content (AvgIpc) is 2.19. The van der Waals surface area contributed by atoms with Crippen molar-refractivity contribution in [3.8, 4) is 0 Å². The van der Waals surface area contributed by atoms with Crippen LogP contribution >= 0.6 is 0 Å². The normalized spacial score (nSPS) is 14.5. The minimum atomic E-state index is -0.324. The Balaban J connectivity index is 2.60. The smallest absolute Gasteiger partial charge is 0.338 e. The van der Waals surface area contributed by atoms with Crippen molar-refractivity contribution in [1.29, 1.82) is 0 Å². The first-order valence-corrected chi connectivity index (χ1v) is 4.63. The molecule has 14 heavy (non-hydrogen) atoms. The van der Waals surface area contributed by atoms with Gasteiger partial charge in [-0.25, -0.2) is 4.79 Å². The molecule has 0 amide bonds. The van der Waals surface area contributed by atoms with Crippen molar-refractivity contribution in [3.63, 3.8) is 0 Å². The van der Waals surface area contributed by atoms with E-state index in [9.17, 15) is 4.79 Å². The first kappa shape index (κ1) is 10.7. The SMILES string of the molecule is CC(N)C(C)OC(=O)c1ccccc1. The highest BCUT2D eigenvalue weighted by Crippen LogP contribution is 2.04. The van der Waals surface area contributed by atoms with Crippen LogP contribution in [0.4, 0.5) is 0 Å². The van der Waals surface area contributed by atoms with Crippen LogP contribution in [0.2, 0.25) is 0 Å². The molecule has 1 aromatic rings. The van der Waals surface area contributed by atoms with Crippen LogP contribution in [0.1, 0.15) is 24.2 Å². The summed E-state index contributed by atoms with van der Waals surface area (Å²) in [6, 6.07) is 8.74. The monoisotopic (exact) mass is 193 g/mol. The molecule has 1 rings (SSSR count). The van der Waals surface area contributed by atoms with E-state index in [2.05, 4.69) is 0 Å². The van der Waals surface area contributed by atoms with Gasteiger partial charge in [0.15, 0.2) is 0 Å². The Morgan fingerprint density at radius 3 is 2.36 bits per heavy atom. The van der Waals surface area contributed by atoms with Crippen molar-refractivity contribution >= 4 is 5.97 Å². The maximum atomic E-state index is 11.5. The Kier molecular flexibility index (Phi) is 3.65. The summed E-state index contributed by atoms with van der Waals surface area (Å²) in [5, 5.41) is 0. The number of nitrogens with two attached hydrogens (primary N) is 1. The highest BCUT2D eigenvalue weighted by atomic mass is 16.5. The van der Waals surface area contributed by atoms with Gasteiger partial charge >= 0.3 is 5.97 Å². The lowest BCUT2D eigenvalue weighted by atomic mass is 10.2. The summed E-state index contributed by atoms with van der Waals surface area (Å²) >= 11 is 0. The molecule has 0 saturated carbocycles. The van der Waals surface area contributed by atoms with Gasteiger partial charge in [-0.1, -0.05) is 18.2 Å². The molecule has 0 fully saturated rings. The molecule has 2 unspecified atom stereocenters. The summed E-state index contributed by atoms with van der Waals surface area (Å²) in [6.45, 7) is 3.59. The fraction of sp³-hybridized carbons (Fsp3) is 0.364. The number of carbonyl (C=O) groups excluding carboxylic acids is 1. The lowest BCUT2D eigenvalue weighted by Gasteiger charge is -2.16. The minimum absolute atomic E-state index is 0.150. The molecule has 0 bridgehead atoms. The third-order valence-electron chi connectivity index (χ3n) is 2.04. The van der Waals surface area contributed by atoms with E-state index in [1.54, 1.807) is 31.2 Å². The second kappa shape index (κ2) is 4.77. The van der Waals surface area contributed by atoms with Crippen LogP contribution in [0.5, 0.6) is 0 Å². The fourth-order valence-corrected chi connectivity index (χ4v) is 0.918. The van der Waals surface area contributed by atoms with Crippen LogP contribution in [0.15, 0.2) is 30.3 Å². The van der Waals surface area contributed by atoms with Gasteiger partial charge in [0, 0.05) is 6.04 Å². The van der Waals surface area contributed by atoms with Gasteiger partial charge in [0.05, 0.1) is 5.56 Å². The molecular formula is C11H15NO2. The van der Waals surface area contributed by atoms with Gasteiger partial charge in [0.2, 0.25) is 0 Å². The second-order valence-electron chi connectivity index (χ2n) is 3.34. The topological polar surface area (TPSA) is 52.3 Å². The summed E-state index contributed by atoms with van der Waals surface area (Å²) < 4.78 is 5.13. The molecule has 1 aromatic carbocycles. The van der Waals surface area contributed by atoms with Crippen molar-refractivity contribution in [1.82, 2.24) is 0 Å². The molecular weight excluding hydrogens is 178 g/mol. The molecule has 0 radical (unpaired) electrons. The van der Waals surface area contributed by atoms with Crippen LogP contribution < -0.4 is 5.73 Å². The first-order chi connectivity index (χ1) is 6.61. The summed E-state index contributed by atoms with van der Waals surface area (Å²) in [4.78, 5) is 11.5. The van der Waals surface area contributed by atoms with E-state index in [1.165, 1.54) is 0 Å². The van der Waals surface area contributed by atoms with Gasteiger partial charge in [0.25, 0.3) is 0 Å². The molecule has 3 heteroatoms. The van der Waals surface area contributed by atoms with Crippen molar-refractivity contribution in [2.75, 3.05) is 0 Å². The van der Waals surface area contributed by atoms with E-state index in [4.69, 9.17) is 10.5 Å². The molecule has 2 N–H and O–H groups in total. The lowest BCUT2D eigenvalue weighted by molar-refractivity contribution is 0.0298. The standard InChI is InChI=1S/C11H15NO2/c1-8(12)9(2)14-11(13)10-6-4-3-5-7-10/h3-9H,12H2,1-2H3. The lowest BCUT2D eigenvalue weighted by Crippen LogP contribution is -2.33. The zero-order valence-corrected chi connectivity index (χ0v) is 8.44. The van der Waals surface area contributed by atoms with Crippen LogP contribution in [0.3, 0.4) is 0 Å². The first-order valence-electron chi connectivity index (χ1n) is 4.63. The Morgan fingerprint density at radius 1 is 1.29 bits per heavy atom. The number of rotatable bonds is 3. The maximum Gasteiger partial charge on any atom is 0.338 e. The van der Waals surface area contributed by atoms with Crippen LogP contribution in [0.25, 0.3) is 0 Å². The van der Waals surface area contributed by atoms with E-state index >= 15 is 0 Å². The third-order valence-corrected chi connectivity index (χ3v) is 2.04. The van der Waals surface area contributed by atoms with Gasteiger partial charge < -0.3 is 10.5 Å². The number of hydrogen-bond donors (Lipinski definition) is 1. The summed E-state index contributed by atoms with van der Waals surface area (Å²) in [6.07, 6.45) is -0.261. The quantitative estimate of drug-likeness (QED) is 0.741. The second-order valence-corrected chi connectivity index (χ2v) is 3.34. The number of ether oxygens (including phenoxy) is 1. The van der Waals surface area contributed by atoms with E-state index < -0.39 is 0 Å². The van der Waals surface area contributed by atoms with Crippen LogP contribution in [-0.2, 0) is 4.74 Å². The van der Waals surface area contributed by atoms with E-state index in [-0.39, 0.29) is 18.1 Å². The number of esters is 1. The van der Waals surface area contributed by atoms with Crippen molar-refractivity contribution in [2.45, 2.75) is 26.0 Å². The van der Waals surface area contributed by atoms with Crippen LogP contribution in [-0.4, -0.2) is 18.1 Å². The summed E-state index contributed by atoms with van der Waals surface area (Å²) in [5.74, 6) is -0.324. The molecule has 0 saturated heterocycles. The van der Waals surface area contributed by atoms with E-state index in [0.717, 1.165) is 0 Å². The highest BCUT2D eigenvalue weighted by Gasteiger charge is 2.14. The minimum Gasteiger partial charge on any atom is -0.457 e. The van der Waals surface area contributed by atoms with Crippen molar-refractivity contribution in [2.24, 2.45) is 5.73 Å². The predicted molar refractivity (Wildman–Crippen MR) is 55.0 cm³/mol. The molecule has 0 aromatic heterocycles. The van der Waals surface area contributed by atoms with Gasteiger partial charge in [-0.2, -0.15) is 0 Å². The zero-order chi connectivity index (χ0) is 10.6. The zero-order valence-electron chi connectivity index (χ0n) is 8.44. The third kappa shape index (κ3) is 2.85. The molecule has 3 nitrogen and oxygen atoms in total. The van der Waals surface area contributed by atoms with Gasteiger partial charge in [-0.3, -0.25) is 0 Å². The molecule has 0 aliphatic heterocycles. The predicted octanol–water partition coefficient (Wildman–Crippen LogP) is 1.58. The maximum absolute atomic E-state index is 11.5. The molecule has 0 spiro atoms. The Labute approximate surface area is 83.9 Å². The molecule has 2 atom stereocenters. The van der Waals surface area contributed by atoms with Crippen LogP contribution in [0, 0.1) is 0 Å². The number of carbonyl (C=O) groups is 1. The fourth-order valence-electron chi connectivity index (χ4n) is 0.918. The average molecular weight is 193 g/mol. The molecule has 0 aliphatic rings. The summed E-state index contributed by atoms with van der Waals surface area (Å²) in [5.41, 5.74) is 6.14. The van der Waals surface area contributed by atoms with E-state index in [1.807, 2.05) is 13.0 Å². The Bertz CT molecular complexity index is 295. The van der Waals surface area contributed by atoms with E-state index in [0.29, 0.717) is 5.56 Å². The molecule has 0 heterocycles. The van der Waals surface area contributed by atoms with Crippen molar-refractivity contribution in [3.05, 3.63) is 35.9 Å². The van der Waals surface area contributed by atoms with Gasteiger partial charge in [0.1, 0.15) is 6.10 Å². The number of benzene rings is 1. The Morgan fingerprint density at radius 2 is 1.86 bits per heavy atom. The highest BCUT2D eigenvalue weighted by molar-refractivity contribution is 5.89. The Hall–Kier alpha value is -1.35. The molecule has 0 aliphatic carbocycles. The number of hydrogen-bond acceptors (Lipinski definition) is 3. The summed E-state index contributed by atoms with van der Waals surface area (Å²) in [7, 11) is 0. The van der Waals surface area contributed by atoms with Crippen molar-refractivity contribution < 1.29 is 9.53 Å². The van der Waals surface area contributed by atoms with Gasteiger partial charge in [-0.15, -0.1) is 0 Å². The van der Waals surface area contributed by atoms with Gasteiger partial charge in [-0.05, 0) is 26.0 Å². The molecule has 76 valence electrons.